The Hall–Kier alpha value is -1.14. The van der Waals surface area contributed by atoms with Gasteiger partial charge < -0.3 is 10.3 Å². The van der Waals surface area contributed by atoms with Crippen molar-refractivity contribution in [1.82, 2.24) is 9.88 Å². The number of rotatable bonds is 2. The fourth-order valence-electron chi connectivity index (χ4n) is 2.10. The van der Waals surface area contributed by atoms with Crippen LogP contribution in [0, 0.1) is 5.92 Å². The lowest BCUT2D eigenvalue weighted by Gasteiger charge is -2.30. The van der Waals surface area contributed by atoms with Crippen molar-refractivity contribution in [1.29, 1.82) is 0 Å². The van der Waals surface area contributed by atoms with Crippen molar-refractivity contribution < 1.29 is 4.79 Å². The number of piperidine rings is 1. The van der Waals surface area contributed by atoms with Gasteiger partial charge in [-0.05, 0) is 40.8 Å². The molecule has 1 aliphatic heterocycles. The molecule has 1 aliphatic rings. The second-order valence-electron chi connectivity index (χ2n) is 4.67. The summed E-state index contributed by atoms with van der Waals surface area (Å²) in [7, 11) is 0. The summed E-state index contributed by atoms with van der Waals surface area (Å²) in [6.07, 6.45) is 3.72. The quantitative estimate of drug-likeness (QED) is 0.647. The number of aromatic nitrogens is 1. The van der Waals surface area contributed by atoms with Gasteiger partial charge in [0.15, 0.2) is 5.82 Å². The number of hydrogen-bond donors (Lipinski definition) is 2. The predicted molar refractivity (Wildman–Crippen MR) is 74.0 cm³/mol. The van der Waals surface area contributed by atoms with Gasteiger partial charge in [-0.2, -0.15) is 0 Å². The van der Waals surface area contributed by atoms with Gasteiger partial charge in [0.05, 0.1) is 5.56 Å². The van der Waals surface area contributed by atoms with E-state index >= 15 is 0 Å². The molecule has 18 heavy (non-hydrogen) atoms. The molecular weight excluding hydrogens is 296 g/mol. The van der Waals surface area contributed by atoms with E-state index in [4.69, 9.17) is 5.84 Å². The molecule has 98 valence electrons. The van der Waals surface area contributed by atoms with Crippen LogP contribution in [0.1, 0.15) is 30.1 Å². The molecule has 5 nitrogen and oxygen atoms in total. The highest BCUT2D eigenvalue weighted by atomic mass is 79.9. The summed E-state index contributed by atoms with van der Waals surface area (Å²) in [6.45, 7) is 3.82. The van der Waals surface area contributed by atoms with Crippen LogP contribution in [-0.2, 0) is 0 Å². The van der Waals surface area contributed by atoms with E-state index in [0.29, 0.717) is 17.3 Å². The van der Waals surface area contributed by atoms with E-state index in [9.17, 15) is 4.79 Å². The molecule has 6 heteroatoms. The lowest BCUT2D eigenvalue weighted by molar-refractivity contribution is 0.0698. The molecular formula is C12H17BrN4O. The zero-order chi connectivity index (χ0) is 13.1. The van der Waals surface area contributed by atoms with Crippen LogP contribution in [0.4, 0.5) is 5.82 Å². The average molecular weight is 313 g/mol. The SMILES string of the molecule is CC1CCN(C(=O)c2cc(Br)cnc2NN)CC1. The van der Waals surface area contributed by atoms with Gasteiger partial charge in [0.2, 0.25) is 0 Å². The van der Waals surface area contributed by atoms with Crippen LogP contribution < -0.4 is 11.3 Å². The van der Waals surface area contributed by atoms with E-state index in [1.807, 2.05) is 4.90 Å². The molecule has 0 unspecified atom stereocenters. The minimum absolute atomic E-state index is 0.0105. The molecule has 1 aromatic rings. The maximum Gasteiger partial charge on any atom is 0.257 e. The van der Waals surface area contributed by atoms with Crippen LogP contribution in [0.2, 0.25) is 0 Å². The Morgan fingerprint density at radius 2 is 2.22 bits per heavy atom. The van der Waals surface area contributed by atoms with Crippen LogP contribution >= 0.6 is 15.9 Å². The number of hydrogen-bond acceptors (Lipinski definition) is 4. The van der Waals surface area contributed by atoms with E-state index in [1.54, 1.807) is 12.3 Å². The van der Waals surface area contributed by atoms with Gasteiger partial charge in [-0.1, -0.05) is 6.92 Å². The van der Waals surface area contributed by atoms with Crippen LogP contribution in [-0.4, -0.2) is 28.9 Å². The number of carbonyl (C=O) groups is 1. The number of amides is 1. The number of carbonyl (C=O) groups excluding carboxylic acids is 1. The molecule has 1 amide bonds. The van der Waals surface area contributed by atoms with Crippen LogP contribution in [0.15, 0.2) is 16.7 Å². The Morgan fingerprint density at radius 3 is 2.83 bits per heavy atom. The number of nitrogens with zero attached hydrogens (tertiary/aromatic N) is 2. The largest absolute Gasteiger partial charge is 0.339 e. The summed E-state index contributed by atoms with van der Waals surface area (Å²) in [5.74, 6) is 6.50. The molecule has 1 saturated heterocycles. The van der Waals surface area contributed by atoms with Crippen molar-refractivity contribution in [2.45, 2.75) is 19.8 Å². The maximum atomic E-state index is 12.4. The number of nitrogen functional groups attached to an aromatic ring is 1. The van der Waals surface area contributed by atoms with Gasteiger partial charge in [-0.15, -0.1) is 0 Å². The van der Waals surface area contributed by atoms with Crippen molar-refractivity contribution in [2.75, 3.05) is 18.5 Å². The Labute approximate surface area is 115 Å². The van der Waals surface area contributed by atoms with Crippen molar-refractivity contribution in [2.24, 2.45) is 11.8 Å². The first-order valence-corrected chi connectivity index (χ1v) is 6.82. The number of nitrogens with two attached hydrogens (primary N) is 1. The third-order valence-electron chi connectivity index (χ3n) is 3.29. The third-order valence-corrected chi connectivity index (χ3v) is 3.73. The average Bonchev–Trinajstić information content (AvgIpc) is 2.39. The first-order valence-electron chi connectivity index (χ1n) is 6.03. The Morgan fingerprint density at radius 1 is 1.56 bits per heavy atom. The number of likely N-dealkylation sites (tertiary alicyclic amines) is 1. The summed E-state index contributed by atoms with van der Waals surface area (Å²) in [4.78, 5) is 18.4. The lowest BCUT2D eigenvalue weighted by Crippen LogP contribution is -2.38. The highest BCUT2D eigenvalue weighted by Crippen LogP contribution is 2.22. The summed E-state index contributed by atoms with van der Waals surface area (Å²) >= 11 is 3.33. The highest BCUT2D eigenvalue weighted by molar-refractivity contribution is 9.10. The molecule has 0 radical (unpaired) electrons. The molecule has 1 aromatic heterocycles. The molecule has 1 fully saturated rings. The number of nitrogens with one attached hydrogen (secondary N) is 1. The predicted octanol–water partition coefficient (Wildman–Crippen LogP) is 2.00. The van der Waals surface area contributed by atoms with E-state index in [2.05, 4.69) is 33.3 Å². The first kappa shape index (κ1) is 13.3. The summed E-state index contributed by atoms with van der Waals surface area (Å²) in [6, 6.07) is 1.75. The third kappa shape index (κ3) is 2.81. The first-order chi connectivity index (χ1) is 8.61. The Bertz CT molecular complexity index is 444. The van der Waals surface area contributed by atoms with Crippen molar-refractivity contribution >= 4 is 27.7 Å². The molecule has 2 heterocycles. The molecule has 0 aromatic carbocycles. The summed E-state index contributed by atoms with van der Waals surface area (Å²) < 4.78 is 0.773. The molecule has 0 spiro atoms. The van der Waals surface area contributed by atoms with Gasteiger partial charge in [-0.3, -0.25) is 4.79 Å². The van der Waals surface area contributed by atoms with Gasteiger partial charge >= 0.3 is 0 Å². The van der Waals surface area contributed by atoms with Gasteiger partial charge in [0.25, 0.3) is 5.91 Å². The van der Waals surface area contributed by atoms with E-state index in [1.165, 1.54) is 0 Å². The van der Waals surface area contributed by atoms with Crippen molar-refractivity contribution in [3.63, 3.8) is 0 Å². The number of pyridine rings is 1. The van der Waals surface area contributed by atoms with Crippen LogP contribution in [0.3, 0.4) is 0 Å². The molecule has 0 atom stereocenters. The fraction of sp³-hybridized carbons (Fsp3) is 0.500. The number of anilines is 1. The molecule has 0 saturated carbocycles. The Balaban J connectivity index is 2.20. The van der Waals surface area contributed by atoms with Crippen LogP contribution in [0.25, 0.3) is 0 Å². The van der Waals surface area contributed by atoms with E-state index in [0.717, 1.165) is 30.4 Å². The number of halogens is 1. The zero-order valence-corrected chi connectivity index (χ0v) is 11.9. The van der Waals surface area contributed by atoms with Gasteiger partial charge in [-0.25, -0.2) is 10.8 Å². The second kappa shape index (κ2) is 5.67. The standard InChI is InChI=1S/C12H17BrN4O/c1-8-2-4-17(5-3-8)12(18)10-6-9(13)7-15-11(10)16-14/h6-8H,2-5,14H2,1H3,(H,15,16). The van der Waals surface area contributed by atoms with E-state index < -0.39 is 0 Å². The monoisotopic (exact) mass is 312 g/mol. The van der Waals surface area contributed by atoms with E-state index in [-0.39, 0.29) is 5.91 Å². The molecule has 0 bridgehead atoms. The minimum Gasteiger partial charge on any atom is -0.339 e. The smallest absolute Gasteiger partial charge is 0.257 e. The topological polar surface area (TPSA) is 71.2 Å². The van der Waals surface area contributed by atoms with Crippen LogP contribution in [0.5, 0.6) is 0 Å². The maximum absolute atomic E-state index is 12.4. The zero-order valence-electron chi connectivity index (χ0n) is 10.3. The summed E-state index contributed by atoms with van der Waals surface area (Å²) in [5, 5.41) is 0. The highest BCUT2D eigenvalue weighted by Gasteiger charge is 2.23. The fourth-order valence-corrected chi connectivity index (χ4v) is 2.43. The minimum atomic E-state index is -0.0105. The van der Waals surface area contributed by atoms with Crippen molar-refractivity contribution in [3.05, 3.63) is 22.3 Å². The normalized spacial score (nSPS) is 16.7. The molecule has 2 rings (SSSR count). The Kier molecular flexibility index (Phi) is 4.19. The number of hydrazine groups is 1. The van der Waals surface area contributed by atoms with Gasteiger partial charge in [0, 0.05) is 23.8 Å². The lowest BCUT2D eigenvalue weighted by atomic mass is 9.99. The van der Waals surface area contributed by atoms with Gasteiger partial charge in [0.1, 0.15) is 0 Å². The molecule has 3 N–H and O–H groups in total. The second-order valence-corrected chi connectivity index (χ2v) is 5.58. The molecule has 0 aliphatic carbocycles. The summed E-state index contributed by atoms with van der Waals surface area (Å²) in [5.41, 5.74) is 2.99. The van der Waals surface area contributed by atoms with Crippen molar-refractivity contribution in [3.8, 4) is 0 Å².